The summed E-state index contributed by atoms with van der Waals surface area (Å²) in [6.45, 7) is -0.490. The summed E-state index contributed by atoms with van der Waals surface area (Å²) >= 11 is 5.78. The number of aromatic nitrogens is 3. The van der Waals surface area contributed by atoms with Crippen LogP contribution in [0.4, 0.5) is 5.69 Å². The van der Waals surface area contributed by atoms with Gasteiger partial charge in [0.25, 0.3) is 0 Å². The van der Waals surface area contributed by atoms with Crippen LogP contribution >= 0.6 is 11.6 Å². The number of pyridine rings is 1. The van der Waals surface area contributed by atoms with Crippen molar-refractivity contribution in [3.63, 3.8) is 0 Å². The summed E-state index contributed by atoms with van der Waals surface area (Å²) in [4.78, 5) is 18.2. The average Bonchev–Trinajstić information content (AvgIpc) is 3.00. The zero-order valence-corrected chi connectivity index (χ0v) is 11.7. The largest absolute Gasteiger partial charge is 0.394 e. The Balaban J connectivity index is 2.11. The van der Waals surface area contributed by atoms with Gasteiger partial charge in [-0.05, 0) is 0 Å². The van der Waals surface area contributed by atoms with Gasteiger partial charge in [-0.3, -0.25) is 14.7 Å². The summed E-state index contributed by atoms with van der Waals surface area (Å²) < 4.78 is 6.58. The molecule has 1 fully saturated rings. The first-order chi connectivity index (χ1) is 10.4. The van der Waals surface area contributed by atoms with Gasteiger partial charge in [-0.25, -0.2) is 9.97 Å². The number of nitro groups is 1. The monoisotopic (exact) mass is 330 g/mol. The molecular weight excluding hydrogens is 320 g/mol. The third kappa shape index (κ3) is 2.21. The van der Waals surface area contributed by atoms with Gasteiger partial charge in [-0.15, -0.1) is 0 Å². The Hall–Kier alpha value is -1.85. The highest BCUT2D eigenvalue weighted by atomic mass is 35.5. The zero-order chi connectivity index (χ0) is 16.0. The minimum atomic E-state index is -1.35. The van der Waals surface area contributed by atoms with Gasteiger partial charge in [-0.1, -0.05) is 11.6 Å². The molecule has 118 valence electrons. The summed E-state index contributed by atoms with van der Waals surface area (Å²) in [6.07, 6.45) is -3.54. The average molecular weight is 331 g/mol. The molecule has 3 N–H and O–H groups in total. The number of imidazole rings is 1. The molecule has 0 amide bonds. The molecule has 11 heteroatoms. The molecule has 0 bridgehead atoms. The Morgan fingerprint density at radius 2 is 2.18 bits per heavy atom. The van der Waals surface area contributed by atoms with E-state index in [1.807, 2.05) is 0 Å². The van der Waals surface area contributed by atoms with E-state index in [1.165, 1.54) is 10.9 Å². The molecule has 1 aliphatic rings. The number of ether oxygens (including phenoxy) is 1. The van der Waals surface area contributed by atoms with E-state index in [1.54, 1.807) is 0 Å². The number of hydrogen-bond acceptors (Lipinski definition) is 8. The first-order valence-corrected chi connectivity index (χ1v) is 6.61. The molecule has 1 unspecified atom stereocenters. The number of hydrogen-bond donors (Lipinski definition) is 3. The lowest BCUT2D eigenvalue weighted by Crippen LogP contribution is -2.33. The lowest BCUT2D eigenvalue weighted by molar-refractivity contribution is -0.383. The molecular formula is C11H11ClN4O6. The van der Waals surface area contributed by atoms with Crippen molar-refractivity contribution < 1.29 is 25.0 Å². The summed E-state index contributed by atoms with van der Waals surface area (Å²) in [5.74, 6) is 0. The summed E-state index contributed by atoms with van der Waals surface area (Å²) in [7, 11) is 0. The van der Waals surface area contributed by atoms with Crippen LogP contribution in [-0.2, 0) is 4.74 Å². The van der Waals surface area contributed by atoms with Gasteiger partial charge >= 0.3 is 5.69 Å². The van der Waals surface area contributed by atoms with E-state index in [4.69, 9.17) is 21.4 Å². The van der Waals surface area contributed by atoms with E-state index in [9.17, 15) is 20.3 Å². The highest BCUT2D eigenvalue weighted by molar-refractivity contribution is 6.30. The van der Waals surface area contributed by atoms with Gasteiger partial charge in [0.05, 0.1) is 23.9 Å². The van der Waals surface area contributed by atoms with Gasteiger partial charge in [0, 0.05) is 0 Å². The van der Waals surface area contributed by atoms with Crippen LogP contribution in [0.3, 0.4) is 0 Å². The van der Waals surface area contributed by atoms with E-state index in [0.29, 0.717) is 0 Å². The van der Waals surface area contributed by atoms with E-state index in [2.05, 4.69) is 9.97 Å². The fourth-order valence-corrected chi connectivity index (χ4v) is 2.58. The quantitative estimate of drug-likeness (QED) is 0.392. The Morgan fingerprint density at radius 1 is 1.45 bits per heavy atom. The second kappa shape index (κ2) is 5.41. The molecule has 1 saturated heterocycles. The standard InChI is InChI=1S/C11H11ClN4O6/c12-6-1-4(16(20)21)7-10(14-6)15(3-13-7)11-9(19)8(18)5(2-17)22-11/h1,3,5,8-9,11,17-19H,2H2/t5-,8-,9-,11?/m1/s1. The maximum atomic E-state index is 11.0. The molecule has 0 saturated carbocycles. The lowest BCUT2D eigenvalue weighted by Gasteiger charge is -2.16. The first kappa shape index (κ1) is 15.1. The fourth-order valence-electron chi connectivity index (χ4n) is 2.40. The van der Waals surface area contributed by atoms with Gasteiger partial charge < -0.3 is 20.1 Å². The van der Waals surface area contributed by atoms with Crippen LogP contribution in [0.2, 0.25) is 5.15 Å². The molecule has 22 heavy (non-hydrogen) atoms. The van der Waals surface area contributed by atoms with Crippen molar-refractivity contribution in [2.24, 2.45) is 0 Å². The molecule has 4 atom stereocenters. The van der Waals surface area contributed by atoms with Crippen molar-refractivity contribution in [2.75, 3.05) is 6.61 Å². The van der Waals surface area contributed by atoms with Crippen LogP contribution in [0, 0.1) is 10.1 Å². The summed E-state index contributed by atoms with van der Waals surface area (Å²) in [5.41, 5.74) is -0.318. The SMILES string of the molecule is O=[N+]([O-])c1cc(Cl)nc2c1ncn2C1O[C@H](CO)[C@@H](O)[C@H]1O. The molecule has 0 aromatic carbocycles. The van der Waals surface area contributed by atoms with E-state index in [-0.39, 0.29) is 22.0 Å². The minimum Gasteiger partial charge on any atom is -0.394 e. The Bertz CT molecular complexity index is 737. The second-order valence-electron chi connectivity index (χ2n) is 4.77. The van der Waals surface area contributed by atoms with E-state index < -0.39 is 36.1 Å². The van der Waals surface area contributed by atoms with Gasteiger partial charge in [0.1, 0.15) is 23.5 Å². The molecule has 2 aromatic rings. The Kier molecular flexibility index (Phi) is 3.70. The topological polar surface area (TPSA) is 144 Å². The maximum absolute atomic E-state index is 11.0. The number of fused-ring (bicyclic) bond motifs is 1. The number of aliphatic hydroxyl groups excluding tert-OH is 3. The molecule has 3 rings (SSSR count). The minimum absolute atomic E-state index is 0.0212. The highest BCUT2D eigenvalue weighted by Crippen LogP contribution is 2.33. The van der Waals surface area contributed by atoms with E-state index >= 15 is 0 Å². The van der Waals surface area contributed by atoms with Crippen molar-refractivity contribution in [2.45, 2.75) is 24.5 Å². The molecule has 1 aliphatic heterocycles. The smallest absolute Gasteiger partial charge is 0.301 e. The Morgan fingerprint density at radius 3 is 2.77 bits per heavy atom. The number of rotatable bonds is 3. The maximum Gasteiger partial charge on any atom is 0.301 e. The molecule has 0 aliphatic carbocycles. The second-order valence-corrected chi connectivity index (χ2v) is 5.16. The lowest BCUT2D eigenvalue weighted by atomic mass is 10.1. The zero-order valence-electron chi connectivity index (χ0n) is 10.9. The molecule has 2 aromatic heterocycles. The summed E-state index contributed by atoms with van der Waals surface area (Å²) in [5, 5.41) is 39.8. The summed E-state index contributed by atoms with van der Waals surface area (Å²) in [6, 6.07) is 1.07. The Labute approximate surface area is 127 Å². The first-order valence-electron chi connectivity index (χ1n) is 6.24. The van der Waals surface area contributed by atoms with Crippen molar-refractivity contribution in [3.8, 4) is 0 Å². The predicted octanol–water partition coefficient (Wildman–Crippen LogP) is -0.396. The van der Waals surface area contributed by atoms with Gasteiger partial charge in [0.15, 0.2) is 17.4 Å². The number of aliphatic hydroxyl groups is 3. The third-order valence-electron chi connectivity index (χ3n) is 3.47. The molecule has 0 radical (unpaired) electrons. The van der Waals surface area contributed by atoms with Crippen LogP contribution in [0.5, 0.6) is 0 Å². The molecule has 3 heterocycles. The van der Waals surface area contributed by atoms with Crippen LogP contribution in [0.15, 0.2) is 12.4 Å². The molecule has 10 nitrogen and oxygen atoms in total. The van der Waals surface area contributed by atoms with Crippen molar-refractivity contribution in [1.82, 2.24) is 14.5 Å². The van der Waals surface area contributed by atoms with Crippen molar-refractivity contribution in [1.29, 1.82) is 0 Å². The van der Waals surface area contributed by atoms with Crippen molar-refractivity contribution in [3.05, 3.63) is 27.7 Å². The van der Waals surface area contributed by atoms with Crippen LogP contribution in [0.1, 0.15) is 6.23 Å². The normalized spacial score (nSPS) is 28.4. The number of nitrogens with zero attached hydrogens (tertiary/aromatic N) is 4. The van der Waals surface area contributed by atoms with Crippen LogP contribution in [-0.4, -0.2) is 59.7 Å². The van der Waals surface area contributed by atoms with Gasteiger partial charge in [-0.2, -0.15) is 0 Å². The van der Waals surface area contributed by atoms with Crippen LogP contribution in [0.25, 0.3) is 11.2 Å². The highest BCUT2D eigenvalue weighted by Gasteiger charge is 2.44. The third-order valence-corrected chi connectivity index (χ3v) is 3.66. The van der Waals surface area contributed by atoms with Crippen molar-refractivity contribution >= 4 is 28.5 Å². The fraction of sp³-hybridized carbons (Fsp3) is 0.455. The van der Waals surface area contributed by atoms with E-state index in [0.717, 1.165) is 6.07 Å². The number of halogens is 1. The van der Waals surface area contributed by atoms with Gasteiger partial charge in [0.2, 0.25) is 0 Å². The molecule has 0 spiro atoms. The van der Waals surface area contributed by atoms with Crippen LogP contribution < -0.4 is 0 Å². The predicted molar refractivity (Wildman–Crippen MR) is 72.2 cm³/mol.